The van der Waals surface area contributed by atoms with E-state index in [1.807, 2.05) is 5.32 Å². The summed E-state index contributed by atoms with van der Waals surface area (Å²) in [5.41, 5.74) is 0.0756. The molecule has 0 spiro atoms. The van der Waals surface area contributed by atoms with Crippen molar-refractivity contribution in [2.45, 2.75) is 6.04 Å². The van der Waals surface area contributed by atoms with E-state index in [-0.39, 0.29) is 12.2 Å². The number of hydrogen-bond donors (Lipinski definition) is 7. The Morgan fingerprint density at radius 3 is 2.43 bits per heavy atom. The summed E-state index contributed by atoms with van der Waals surface area (Å²) in [6.45, 7) is -1.14. The molecule has 1 atom stereocenters. The summed E-state index contributed by atoms with van der Waals surface area (Å²) in [4.78, 5) is 45.9. The van der Waals surface area contributed by atoms with Crippen LogP contribution in [0.25, 0.3) is 0 Å². The summed E-state index contributed by atoms with van der Waals surface area (Å²) >= 11 is 0. The summed E-state index contributed by atoms with van der Waals surface area (Å²) in [7, 11) is -4.50. The number of nitrogens with zero attached hydrogens (tertiary/aromatic N) is 1. The fourth-order valence-corrected chi connectivity index (χ4v) is 2.77. The first-order valence-electron chi connectivity index (χ1n) is 7.42. The number of urea groups is 1. The Balaban J connectivity index is 1.82. The number of β-lactam (4-membered cyclic amide) rings is 1. The van der Waals surface area contributed by atoms with Gasteiger partial charge in [0.1, 0.15) is 6.04 Å². The average molecular weight is 417 g/mol. The second-order valence-electron chi connectivity index (χ2n) is 5.43. The third-order valence-corrected chi connectivity index (χ3v) is 4.34. The van der Waals surface area contributed by atoms with Crippen LogP contribution in [0.3, 0.4) is 0 Å². The molecule has 1 aromatic carbocycles. The van der Waals surface area contributed by atoms with Gasteiger partial charge in [0.2, 0.25) is 5.91 Å². The van der Waals surface area contributed by atoms with E-state index >= 15 is 0 Å². The van der Waals surface area contributed by atoms with Gasteiger partial charge in [0.25, 0.3) is 5.91 Å². The van der Waals surface area contributed by atoms with Gasteiger partial charge < -0.3 is 26.0 Å². The number of likely N-dealkylation sites (tertiary alicyclic amines) is 1. The van der Waals surface area contributed by atoms with Crippen molar-refractivity contribution in [1.29, 1.82) is 0 Å². The van der Waals surface area contributed by atoms with Crippen LogP contribution in [0.2, 0.25) is 0 Å². The van der Waals surface area contributed by atoms with E-state index in [2.05, 4.69) is 5.32 Å². The molecule has 1 saturated heterocycles. The third-order valence-electron chi connectivity index (χ3n) is 3.38. The Morgan fingerprint density at radius 2 is 1.86 bits per heavy atom. The molecule has 0 unspecified atom stereocenters. The number of hydrogen-bond acceptors (Lipinski definition) is 8. The number of imide groups is 1. The van der Waals surface area contributed by atoms with Gasteiger partial charge in [0.15, 0.2) is 11.5 Å². The number of nitrogens with one attached hydrogen (secondary N) is 4. The highest BCUT2D eigenvalue weighted by Crippen LogP contribution is 2.27. The van der Waals surface area contributed by atoms with Crippen molar-refractivity contribution >= 4 is 39.8 Å². The van der Waals surface area contributed by atoms with Gasteiger partial charge in [-0.3, -0.25) is 14.5 Å². The lowest BCUT2D eigenvalue weighted by Gasteiger charge is -2.35. The number of amides is 5. The van der Waals surface area contributed by atoms with Crippen molar-refractivity contribution in [3.8, 4) is 11.5 Å². The number of phenolic OH excluding ortho intramolecular Hbond substituents is 2. The SMILES string of the molecule is O=C(O)N[C@H]1CN(C(=O)NS(=O)(=O)NCC(=O)Nc2ccc(O)c(O)c2)C1=O. The van der Waals surface area contributed by atoms with E-state index in [0.29, 0.717) is 4.90 Å². The van der Waals surface area contributed by atoms with E-state index in [1.54, 1.807) is 4.72 Å². The van der Waals surface area contributed by atoms with Gasteiger partial charge in [-0.15, -0.1) is 0 Å². The summed E-state index contributed by atoms with van der Waals surface area (Å²) in [6.07, 6.45) is -1.47. The monoisotopic (exact) mass is 417 g/mol. The molecule has 28 heavy (non-hydrogen) atoms. The lowest BCUT2D eigenvalue weighted by atomic mass is 10.1. The maximum Gasteiger partial charge on any atom is 0.405 e. The first kappa shape index (κ1) is 20.7. The second-order valence-corrected chi connectivity index (χ2v) is 6.93. The molecule has 1 aliphatic heterocycles. The normalized spacial score (nSPS) is 16.1. The predicted molar refractivity (Wildman–Crippen MR) is 90.5 cm³/mol. The molecule has 14 nitrogen and oxygen atoms in total. The molecule has 0 saturated carbocycles. The first-order valence-corrected chi connectivity index (χ1v) is 8.91. The fourth-order valence-electron chi connectivity index (χ4n) is 2.04. The van der Waals surface area contributed by atoms with Gasteiger partial charge in [-0.25, -0.2) is 14.3 Å². The molecule has 1 heterocycles. The molecule has 0 radical (unpaired) electrons. The minimum atomic E-state index is -4.50. The maximum atomic E-state index is 11.8. The number of phenols is 2. The molecule has 0 bridgehead atoms. The zero-order valence-electron chi connectivity index (χ0n) is 13.9. The molecule has 1 aliphatic rings. The van der Waals surface area contributed by atoms with Crippen molar-refractivity contribution in [2.24, 2.45) is 0 Å². The summed E-state index contributed by atoms with van der Waals surface area (Å²) in [5, 5.41) is 31.0. The standard InChI is InChI=1S/C13H15N5O9S/c19-8-2-1-6(3-9(8)20)15-10(21)4-14-28(26,27)17-12(23)18-5-7(11(18)22)16-13(24)25/h1-3,7,14,16,19-20H,4-5H2,(H,15,21)(H,17,23)(H,24,25)/t7-/m0/s1. The van der Waals surface area contributed by atoms with E-state index in [0.717, 1.165) is 12.1 Å². The van der Waals surface area contributed by atoms with Crippen LogP contribution >= 0.6 is 0 Å². The second kappa shape index (κ2) is 7.97. The lowest BCUT2D eigenvalue weighted by Crippen LogP contribution is -2.67. The van der Waals surface area contributed by atoms with Crippen LogP contribution < -0.4 is 20.1 Å². The highest BCUT2D eigenvalue weighted by atomic mass is 32.2. The van der Waals surface area contributed by atoms with Gasteiger partial charge in [0, 0.05) is 11.8 Å². The molecule has 0 aromatic heterocycles. The largest absolute Gasteiger partial charge is 0.504 e. The van der Waals surface area contributed by atoms with E-state index < -0.39 is 58.2 Å². The number of carbonyl (C=O) groups is 4. The number of aromatic hydroxyl groups is 2. The maximum absolute atomic E-state index is 11.8. The number of carbonyl (C=O) groups excluding carboxylic acids is 3. The van der Waals surface area contributed by atoms with Crippen molar-refractivity contribution in [3.05, 3.63) is 18.2 Å². The number of rotatable bonds is 6. The van der Waals surface area contributed by atoms with Crippen LogP contribution in [0.15, 0.2) is 18.2 Å². The van der Waals surface area contributed by atoms with Crippen molar-refractivity contribution in [2.75, 3.05) is 18.4 Å². The molecule has 2 rings (SSSR count). The lowest BCUT2D eigenvalue weighted by molar-refractivity contribution is -0.139. The molecule has 152 valence electrons. The minimum Gasteiger partial charge on any atom is -0.504 e. The summed E-state index contributed by atoms with van der Waals surface area (Å²) in [6, 6.07) is 0.920. The fraction of sp³-hybridized carbons (Fsp3) is 0.231. The molecule has 7 N–H and O–H groups in total. The quantitative estimate of drug-likeness (QED) is 0.155. The van der Waals surface area contributed by atoms with Gasteiger partial charge in [-0.2, -0.15) is 13.1 Å². The van der Waals surface area contributed by atoms with Crippen molar-refractivity contribution in [1.82, 2.24) is 19.7 Å². The number of benzene rings is 1. The Kier molecular flexibility index (Phi) is 5.90. The molecular weight excluding hydrogens is 402 g/mol. The Morgan fingerprint density at radius 1 is 1.18 bits per heavy atom. The van der Waals surface area contributed by atoms with Crippen LogP contribution in [0, 0.1) is 0 Å². The zero-order valence-corrected chi connectivity index (χ0v) is 14.7. The Labute approximate surface area is 157 Å². The highest BCUT2D eigenvalue weighted by Gasteiger charge is 2.42. The van der Waals surface area contributed by atoms with Crippen molar-refractivity contribution in [3.63, 3.8) is 0 Å². The molecule has 0 aliphatic carbocycles. The predicted octanol–water partition coefficient (Wildman–Crippen LogP) is -1.94. The molecule has 15 heteroatoms. The van der Waals surface area contributed by atoms with Crippen LogP contribution in [-0.2, 0) is 19.8 Å². The van der Waals surface area contributed by atoms with Crippen molar-refractivity contribution < 1.29 is 42.9 Å². The van der Waals surface area contributed by atoms with Crippen LogP contribution in [0.4, 0.5) is 15.3 Å². The van der Waals surface area contributed by atoms with Gasteiger partial charge >= 0.3 is 22.3 Å². The molecule has 5 amide bonds. The summed E-state index contributed by atoms with van der Waals surface area (Å²) in [5.74, 6) is -2.70. The summed E-state index contributed by atoms with van der Waals surface area (Å²) < 4.78 is 26.8. The minimum absolute atomic E-state index is 0.0756. The van der Waals surface area contributed by atoms with Crippen LogP contribution in [0.5, 0.6) is 11.5 Å². The molecule has 1 aromatic rings. The Hall–Kier alpha value is -3.59. The van der Waals surface area contributed by atoms with Gasteiger partial charge in [0.05, 0.1) is 13.1 Å². The van der Waals surface area contributed by atoms with Crippen LogP contribution in [0.1, 0.15) is 0 Å². The molecule has 1 fully saturated rings. The Bertz CT molecular complexity index is 932. The van der Waals surface area contributed by atoms with E-state index in [4.69, 9.17) is 10.2 Å². The molecular formula is C13H15N5O9S. The van der Waals surface area contributed by atoms with Gasteiger partial charge in [-0.05, 0) is 12.1 Å². The number of carboxylic acid groups (broad SMARTS) is 1. The smallest absolute Gasteiger partial charge is 0.405 e. The third kappa shape index (κ3) is 5.21. The first-order chi connectivity index (χ1) is 13.0. The number of anilines is 1. The highest BCUT2D eigenvalue weighted by molar-refractivity contribution is 7.88. The van der Waals surface area contributed by atoms with Crippen LogP contribution in [-0.4, -0.2) is 71.7 Å². The van der Waals surface area contributed by atoms with E-state index in [1.165, 1.54) is 10.8 Å². The van der Waals surface area contributed by atoms with E-state index in [9.17, 15) is 32.7 Å². The zero-order chi connectivity index (χ0) is 21.1. The topological polar surface area (TPSA) is 214 Å². The average Bonchev–Trinajstić information content (AvgIpc) is 2.58. The van der Waals surface area contributed by atoms with Gasteiger partial charge in [-0.1, -0.05) is 0 Å².